The Morgan fingerprint density at radius 2 is 1.81 bits per heavy atom. The van der Waals surface area contributed by atoms with Crippen LogP contribution in [0.25, 0.3) is 0 Å². The van der Waals surface area contributed by atoms with Gasteiger partial charge in [0, 0.05) is 5.56 Å². The summed E-state index contributed by atoms with van der Waals surface area (Å²) in [6, 6.07) is 12.3. The number of ether oxygens (including phenoxy) is 1. The standard InChI is InChI=1S/C19H19FN2O4S/c1-13(2)18(22-27(24,25)17-10-6-5-9-16(17)20)19(23)26-12-15-8-4-3-7-14(15)11-21/h3-10,13,18,22H,12H2,1-2H3/t18-/m1/s1. The minimum absolute atomic E-state index is 0.173. The smallest absolute Gasteiger partial charge is 0.324 e. The number of carbonyl (C=O) groups is 1. The maximum atomic E-state index is 13.8. The van der Waals surface area contributed by atoms with Gasteiger partial charge in [-0.25, -0.2) is 12.8 Å². The van der Waals surface area contributed by atoms with E-state index in [9.17, 15) is 17.6 Å². The fourth-order valence-electron chi connectivity index (χ4n) is 2.34. The lowest BCUT2D eigenvalue weighted by molar-refractivity contribution is -0.148. The zero-order chi connectivity index (χ0) is 20.0. The molecule has 0 unspecified atom stereocenters. The first kappa shape index (κ1) is 20.6. The fraction of sp³-hybridized carbons (Fsp3) is 0.263. The minimum atomic E-state index is -4.25. The van der Waals surface area contributed by atoms with Crippen LogP contribution in [0.4, 0.5) is 4.39 Å². The first-order valence-electron chi connectivity index (χ1n) is 8.17. The van der Waals surface area contributed by atoms with E-state index in [0.717, 1.165) is 12.1 Å². The Morgan fingerprint density at radius 3 is 2.44 bits per heavy atom. The summed E-state index contributed by atoms with van der Waals surface area (Å²) in [7, 11) is -4.25. The van der Waals surface area contributed by atoms with Crippen molar-refractivity contribution in [3.8, 4) is 6.07 Å². The lowest BCUT2D eigenvalue weighted by atomic mass is 10.1. The summed E-state index contributed by atoms with van der Waals surface area (Å²) in [4.78, 5) is 11.9. The molecule has 0 aliphatic carbocycles. The fourth-order valence-corrected chi connectivity index (χ4v) is 3.76. The third-order valence-electron chi connectivity index (χ3n) is 3.84. The summed E-state index contributed by atoms with van der Waals surface area (Å²) < 4.78 is 46.1. The van der Waals surface area contributed by atoms with Gasteiger partial charge in [-0.1, -0.05) is 44.2 Å². The lowest BCUT2D eigenvalue weighted by Gasteiger charge is -2.21. The Morgan fingerprint density at radius 1 is 1.19 bits per heavy atom. The zero-order valence-corrected chi connectivity index (χ0v) is 15.7. The van der Waals surface area contributed by atoms with Crippen LogP contribution in [0.15, 0.2) is 53.4 Å². The Hall–Kier alpha value is -2.76. The van der Waals surface area contributed by atoms with Crippen molar-refractivity contribution in [1.82, 2.24) is 4.72 Å². The van der Waals surface area contributed by atoms with Crippen LogP contribution in [0.5, 0.6) is 0 Å². The van der Waals surface area contributed by atoms with Gasteiger partial charge in [-0.3, -0.25) is 4.79 Å². The number of nitrogens with one attached hydrogen (secondary N) is 1. The minimum Gasteiger partial charge on any atom is -0.460 e. The van der Waals surface area contributed by atoms with E-state index in [-0.39, 0.29) is 6.61 Å². The third kappa shape index (κ3) is 5.12. The van der Waals surface area contributed by atoms with E-state index in [2.05, 4.69) is 4.72 Å². The van der Waals surface area contributed by atoms with Gasteiger partial charge in [-0.2, -0.15) is 9.98 Å². The molecule has 8 heteroatoms. The van der Waals surface area contributed by atoms with Crippen LogP contribution in [0.3, 0.4) is 0 Å². The van der Waals surface area contributed by atoms with E-state index < -0.39 is 38.7 Å². The van der Waals surface area contributed by atoms with Gasteiger partial charge in [0.1, 0.15) is 23.4 Å². The summed E-state index contributed by atoms with van der Waals surface area (Å²) in [5, 5.41) is 9.07. The van der Waals surface area contributed by atoms with Crippen LogP contribution in [0.1, 0.15) is 25.0 Å². The van der Waals surface area contributed by atoms with Crippen LogP contribution in [0, 0.1) is 23.1 Å². The van der Waals surface area contributed by atoms with Crippen LogP contribution >= 0.6 is 0 Å². The number of hydrogen-bond donors (Lipinski definition) is 1. The Bertz CT molecular complexity index is 968. The molecule has 0 saturated heterocycles. The quantitative estimate of drug-likeness (QED) is 0.734. The lowest BCUT2D eigenvalue weighted by Crippen LogP contribution is -2.45. The highest BCUT2D eigenvalue weighted by molar-refractivity contribution is 7.89. The van der Waals surface area contributed by atoms with Crippen molar-refractivity contribution in [2.75, 3.05) is 0 Å². The van der Waals surface area contributed by atoms with Crippen molar-refractivity contribution >= 4 is 16.0 Å². The van der Waals surface area contributed by atoms with Gasteiger partial charge in [0.05, 0.1) is 11.6 Å². The molecule has 142 valence electrons. The van der Waals surface area contributed by atoms with E-state index in [4.69, 9.17) is 10.00 Å². The van der Waals surface area contributed by atoms with Gasteiger partial charge in [0.25, 0.3) is 0 Å². The number of esters is 1. The predicted octanol–water partition coefficient (Wildman–Crippen LogP) is 2.74. The summed E-state index contributed by atoms with van der Waals surface area (Å²) in [6.07, 6.45) is 0. The second kappa shape index (κ2) is 8.75. The molecule has 0 aliphatic heterocycles. The molecule has 0 radical (unpaired) electrons. The first-order valence-corrected chi connectivity index (χ1v) is 9.66. The SMILES string of the molecule is CC(C)[C@@H](NS(=O)(=O)c1ccccc1F)C(=O)OCc1ccccc1C#N. The number of nitrogens with zero attached hydrogens (tertiary/aromatic N) is 1. The van der Waals surface area contributed by atoms with Crippen molar-refractivity contribution in [2.24, 2.45) is 5.92 Å². The average Bonchev–Trinajstić information content (AvgIpc) is 2.64. The highest BCUT2D eigenvalue weighted by Gasteiger charge is 2.31. The highest BCUT2D eigenvalue weighted by Crippen LogP contribution is 2.17. The monoisotopic (exact) mass is 390 g/mol. The number of sulfonamides is 1. The molecule has 6 nitrogen and oxygen atoms in total. The molecule has 0 amide bonds. The molecule has 1 N–H and O–H groups in total. The molecule has 0 aliphatic rings. The van der Waals surface area contributed by atoms with E-state index in [0.29, 0.717) is 11.1 Å². The maximum Gasteiger partial charge on any atom is 0.324 e. The molecule has 2 aromatic rings. The topological polar surface area (TPSA) is 96.3 Å². The van der Waals surface area contributed by atoms with Crippen molar-refractivity contribution in [3.63, 3.8) is 0 Å². The first-order chi connectivity index (χ1) is 12.8. The van der Waals surface area contributed by atoms with Crippen molar-refractivity contribution in [2.45, 2.75) is 31.4 Å². The molecular weight excluding hydrogens is 371 g/mol. The number of carbonyl (C=O) groups excluding carboxylic acids is 1. The van der Waals surface area contributed by atoms with Gasteiger partial charge < -0.3 is 4.74 Å². The van der Waals surface area contributed by atoms with E-state index in [1.54, 1.807) is 38.1 Å². The molecule has 0 fully saturated rings. The predicted molar refractivity (Wildman–Crippen MR) is 96.3 cm³/mol. The third-order valence-corrected chi connectivity index (χ3v) is 5.31. The Labute approximate surface area is 157 Å². The Kier molecular flexibility index (Phi) is 6.66. The van der Waals surface area contributed by atoms with Gasteiger partial charge in [-0.05, 0) is 24.1 Å². The number of hydrogen-bond acceptors (Lipinski definition) is 5. The number of rotatable bonds is 7. The van der Waals surface area contributed by atoms with Crippen molar-refractivity contribution in [1.29, 1.82) is 5.26 Å². The summed E-state index contributed by atoms with van der Waals surface area (Å²) in [5.41, 5.74) is 0.867. The van der Waals surface area contributed by atoms with Gasteiger partial charge in [-0.15, -0.1) is 0 Å². The zero-order valence-electron chi connectivity index (χ0n) is 14.8. The van der Waals surface area contributed by atoms with Crippen LogP contribution in [-0.4, -0.2) is 20.4 Å². The molecule has 0 heterocycles. The molecule has 2 rings (SSSR count). The van der Waals surface area contributed by atoms with E-state index >= 15 is 0 Å². The normalized spacial score (nSPS) is 12.4. The van der Waals surface area contributed by atoms with Crippen LogP contribution < -0.4 is 4.72 Å². The van der Waals surface area contributed by atoms with Gasteiger partial charge in [0.2, 0.25) is 10.0 Å². The summed E-state index contributed by atoms with van der Waals surface area (Å²) in [5.74, 6) is -2.16. The van der Waals surface area contributed by atoms with Crippen molar-refractivity contribution in [3.05, 3.63) is 65.5 Å². The van der Waals surface area contributed by atoms with Gasteiger partial charge >= 0.3 is 5.97 Å². The van der Waals surface area contributed by atoms with E-state index in [1.807, 2.05) is 6.07 Å². The molecule has 2 aromatic carbocycles. The largest absolute Gasteiger partial charge is 0.460 e. The molecule has 27 heavy (non-hydrogen) atoms. The maximum absolute atomic E-state index is 13.8. The van der Waals surface area contributed by atoms with Gasteiger partial charge in [0.15, 0.2) is 0 Å². The summed E-state index contributed by atoms with van der Waals surface area (Å²) in [6.45, 7) is 3.10. The second-order valence-corrected chi connectivity index (χ2v) is 7.83. The number of halogens is 1. The molecule has 0 bridgehead atoms. The molecule has 0 spiro atoms. The highest BCUT2D eigenvalue weighted by atomic mass is 32.2. The molecule has 0 saturated carbocycles. The number of benzene rings is 2. The average molecular weight is 390 g/mol. The Balaban J connectivity index is 2.16. The van der Waals surface area contributed by atoms with Crippen LogP contribution in [0.2, 0.25) is 0 Å². The molecule has 1 atom stereocenters. The summed E-state index contributed by atoms with van der Waals surface area (Å²) >= 11 is 0. The van der Waals surface area contributed by atoms with E-state index in [1.165, 1.54) is 12.1 Å². The molecular formula is C19H19FN2O4S. The number of nitriles is 1. The molecule has 0 aromatic heterocycles. The van der Waals surface area contributed by atoms with Crippen LogP contribution in [-0.2, 0) is 26.2 Å². The van der Waals surface area contributed by atoms with Crippen molar-refractivity contribution < 1.29 is 22.3 Å². The second-order valence-electron chi connectivity index (χ2n) is 6.15.